The van der Waals surface area contributed by atoms with Gasteiger partial charge < -0.3 is 20.1 Å². The van der Waals surface area contributed by atoms with Crippen LogP contribution in [0, 0.1) is 0 Å². The van der Waals surface area contributed by atoms with Gasteiger partial charge in [-0.05, 0) is 38.5 Å². The number of hydrogen-bond acceptors (Lipinski definition) is 3. The van der Waals surface area contributed by atoms with Crippen molar-refractivity contribution in [3.05, 3.63) is 34.4 Å². The van der Waals surface area contributed by atoms with E-state index in [1.165, 1.54) is 0 Å². The number of carboxylic acids is 1. The summed E-state index contributed by atoms with van der Waals surface area (Å²) in [6.07, 6.45) is 1.16. The summed E-state index contributed by atoms with van der Waals surface area (Å²) in [7, 11) is 0. The third-order valence-corrected chi connectivity index (χ3v) is 3.81. The number of aromatic amines is 1. The van der Waals surface area contributed by atoms with Crippen LogP contribution in [0.1, 0.15) is 26.3 Å². The Hall–Kier alpha value is -2.02. The molecule has 1 heterocycles. The highest BCUT2D eigenvalue weighted by Gasteiger charge is 2.25. The van der Waals surface area contributed by atoms with Crippen molar-refractivity contribution in [1.29, 1.82) is 0 Å². The normalized spacial score (nSPS) is 12.9. The first-order chi connectivity index (χ1) is 10.7. The molecule has 0 spiro atoms. The summed E-state index contributed by atoms with van der Waals surface area (Å²) < 4.78 is 5.99. The molecule has 0 fully saturated rings. The zero-order valence-electron chi connectivity index (χ0n) is 13.1. The Morgan fingerprint density at radius 1 is 1.39 bits per heavy atom. The van der Waals surface area contributed by atoms with Gasteiger partial charge in [0.15, 0.2) is 0 Å². The van der Waals surface area contributed by atoms with E-state index in [1.54, 1.807) is 27.0 Å². The van der Waals surface area contributed by atoms with Gasteiger partial charge in [-0.15, -0.1) is 0 Å². The molecule has 3 N–H and O–H groups in total. The summed E-state index contributed by atoms with van der Waals surface area (Å²) in [5.74, 6) is -1.11. The lowest BCUT2D eigenvalue weighted by Gasteiger charge is -2.22. The van der Waals surface area contributed by atoms with Crippen LogP contribution in [0.15, 0.2) is 28.9 Å². The average Bonchev–Trinajstić information content (AvgIpc) is 2.80. The molecule has 0 aliphatic carbocycles. The number of aromatic nitrogens is 1. The molecule has 2 rings (SSSR count). The fourth-order valence-corrected chi connectivity index (χ4v) is 2.86. The van der Waals surface area contributed by atoms with E-state index >= 15 is 0 Å². The Morgan fingerprint density at radius 3 is 2.70 bits per heavy atom. The van der Waals surface area contributed by atoms with E-state index in [1.807, 2.05) is 18.2 Å². The number of fused-ring (bicyclic) bond motifs is 1. The summed E-state index contributed by atoms with van der Waals surface area (Å²) in [5, 5.41) is 12.7. The number of rotatable bonds is 4. The Kier molecular flexibility index (Phi) is 4.99. The Bertz CT molecular complexity index is 733. The van der Waals surface area contributed by atoms with E-state index in [0.717, 1.165) is 20.9 Å². The molecule has 1 aromatic heterocycles. The average molecular weight is 383 g/mol. The third-order valence-electron chi connectivity index (χ3n) is 3.15. The van der Waals surface area contributed by atoms with Gasteiger partial charge in [-0.1, -0.05) is 22.0 Å². The summed E-state index contributed by atoms with van der Waals surface area (Å²) >= 11 is 3.46. The number of H-pyrrole nitrogens is 1. The molecule has 23 heavy (non-hydrogen) atoms. The molecule has 124 valence electrons. The van der Waals surface area contributed by atoms with Gasteiger partial charge in [-0.25, -0.2) is 9.59 Å². The summed E-state index contributed by atoms with van der Waals surface area (Å²) in [4.78, 5) is 26.4. The van der Waals surface area contributed by atoms with Gasteiger partial charge in [0.25, 0.3) is 0 Å². The van der Waals surface area contributed by atoms with E-state index in [4.69, 9.17) is 4.74 Å². The molecule has 0 saturated heterocycles. The number of amides is 1. The molecule has 0 aliphatic heterocycles. The number of carboxylic acid groups (broad SMARTS) is 1. The molecule has 0 aliphatic rings. The number of benzene rings is 1. The lowest BCUT2D eigenvalue weighted by Crippen LogP contribution is -2.44. The van der Waals surface area contributed by atoms with Crippen molar-refractivity contribution in [2.75, 3.05) is 0 Å². The molecular formula is C16H19BrN2O4. The fraction of sp³-hybridized carbons (Fsp3) is 0.375. The Balaban J connectivity index is 2.19. The van der Waals surface area contributed by atoms with Gasteiger partial charge in [0.2, 0.25) is 0 Å². The molecule has 7 heteroatoms. The Morgan fingerprint density at radius 2 is 2.09 bits per heavy atom. The van der Waals surface area contributed by atoms with Crippen molar-refractivity contribution in [2.24, 2.45) is 0 Å². The number of carbonyl (C=O) groups excluding carboxylic acids is 1. The highest BCUT2D eigenvalue weighted by molar-refractivity contribution is 9.10. The number of ether oxygens (including phenoxy) is 1. The third kappa shape index (κ3) is 4.48. The Labute approximate surface area is 142 Å². The molecule has 1 amide bonds. The van der Waals surface area contributed by atoms with Gasteiger partial charge in [0, 0.05) is 28.0 Å². The van der Waals surface area contributed by atoms with Crippen molar-refractivity contribution >= 4 is 38.9 Å². The molecule has 1 aromatic carbocycles. The zero-order chi connectivity index (χ0) is 17.2. The van der Waals surface area contributed by atoms with Gasteiger partial charge in [0.1, 0.15) is 11.6 Å². The van der Waals surface area contributed by atoms with Crippen LogP contribution in [0.25, 0.3) is 10.9 Å². The number of alkyl carbamates (subject to hydrolysis) is 1. The second kappa shape index (κ2) is 6.62. The molecule has 0 unspecified atom stereocenters. The number of halogens is 1. The van der Waals surface area contributed by atoms with Gasteiger partial charge in [0.05, 0.1) is 0 Å². The van der Waals surface area contributed by atoms with Crippen LogP contribution in [0.2, 0.25) is 0 Å². The number of carbonyl (C=O) groups is 2. The maximum absolute atomic E-state index is 11.8. The van der Waals surface area contributed by atoms with E-state index in [2.05, 4.69) is 26.2 Å². The molecule has 0 radical (unpaired) electrons. The van der Waals surface area contributed by atoms with Crippen LogP contribution < -0.4 is 5.32 Å². The topological polar surface area (TPSA) is 91.4 Å². The van der Waals surface area contributed by atoms with Crippen LogP contribution >= 0.6 is 15.9 Å². The second-order valence-corrected chi connectivity index (χ2v) is 7.07. The first kappa shape index (κ1) is 17.3. The largest absolute Gasteiger partial charge is 0.480 e. The van der Waals surface area contributed by atoms with Crippen LogP contribution in [0.4, 0.5) is 4.79 Å². The number of nitrogens with one attached hydrogen (secondary N) is 2. The van der Waals surface area contributed by atoms with E-state index in [-0.39, 0.29) is 6.42 Å². The van der Waals surface area contributed by atoms with E-state index < -0.39 is 23.7 Å². The first-order valence-electron chi connectivity index (χ1n) is 7.14. The van der Waals surface area contributed by atoms with E-state index in [0.29, 0.717) is 0 Å². The molecule has 1 atom stereocenters. The summed E-state index contributed by atoms with van der Waals surface area (Å²) in [6.45, 7) is 5.16. The molecule has 0 bridgehead atoms. The number of hydrogen-bond donors (Lipinski definition) is 3. The maximum Gasteiger partial charge on any atom is 0.408 e. The van der Waals surface area contributed by atoms with Crippen LogP contribution in [0.5, 0.6) is 0 Å². The van der Waals surface area contributed by atoms with Crippen molar-refractivity contribution in [3.63, 3.8) is 0 Å². The monoisotopic (exact) mass is 382 g/mol. The minimum absolute atomic E-state index is 0.150. The van der Waals surface area contributed by atoms with Crippen molar-refractivity contribution in [3.8, 4) is 0 Å². The summed E-state index contributed by atoms with van der Waals surface area (Å²) in [5.41, 5.74) is 1.02. The molecular weight excluding hydrogens is 364 g/mol. The smallest absolute Gasteiger partial charge is 0.408 e. The molecule has 0 saturated carbocycles. The highest BCUT2D eigenvalue weighted by atomic mass is 79.9. The SMILES string of the molecule is CC(C)(C)OC(=O)N[C@@H](Cc1c[nH]c2cccc(Br)c12)C(=O)O. The lowest BCUT2D eigenvalue weighted by atomic mass is 10.1. The van der Waals surface area contributed by atoms with Gasteiger partial charge in [-0.2, -0.15) is 0 Å². The fourth-order valence-electron chi connectivity index (χ4n) is 2.24. The van der Waals surface area contributed by atoms with Crippen LogP contribution in [0.3, 0.4) is 0 Å². The standard InChI is InChI=1S/C16H19BrN2O4/c1-16(2,3)23-15(22)19-12(14(20)21)7-9-8-18-11-6-4-5-10(17)13(9)11/h4-6,8,12,18H,7H2,1-3H3,(H,19,22)(H,20,21)/t12-/m0/s1. The predicted molar refractivity (Wildman–Crippen MR) is 90.5 cm³/mol. The van der Waals surface area contributed by atoms with Gasteiger partial charge in [-0.3, -0.25) is 0 Å². The van der Waals surface area contributed by atoms with Crippen LogP contribution in [-0.2, 0) is 16.0 Å². The quantitative estimate of drug-likeness (QED) is 0.754. The van der Waals surface area contributed by atoms with Gasteiger partial charge >= 0.3 is 12.1 Å². The molecule has 2 aromatic rings. The molecule has 6 nitrogen and oxygen atoms in total. The van der Waals surface area contributed by atoms with Crippen molar-refractivity contribution in [1.82, 2.24) is 10.3 Å². The first-order valence-corrected chi connectivity index (χ1v) is 7.93. The predicted octanol–water partition coefficient (Wildman–Crippen LogP) is 3.45. The highest BCUT2D eigenvalue weighted by Crippen LogP contribution is 2.27. The second-order valence-electron chi connectivity index (χ2n) is 6.22. The van der Waals surface area contributed by atoms with Crippen molar-refractivity contribution in [2.45, 2.75) is 38.8 Å². The minimum atomic E-state index is -1.11. The maximum atomic E-state index is 11.8. The zero-order valence-corrected chi connectivity index (χ0v) is 14.7. The van der Waals surface area contributed by atoms with Crippen molar-refractivity contribution < 1.29 is 19.4 Å². The van der Waals surface area contributed by atoms with Crippen LogP contribution in [-0.4, -0.2) is 33.8 Å². The van der Waals surface area contributed by atoms with E-state index in [9.17, 15) is 14.7 Å². The lowest BCUT2D eigenvalue weighted by molar-refractivity contribution is -0.139. The summed E-state index contributed by atoms with van der Waals surface area (Å²) in [6, 6.07) is 4.61. The minimum Gasteiger partial charge on any atom is -0.480 e. The number of aliphatic carboxylic acids is 1.